The first-order valence-corrected chi connectivity index (χ1v) is 6.61. The topological polar surface area (TPSA) is 58.6 Å². The van der Waals surface area contributed by atoms with Gasteiger partial charge in [-0.1, -0.05) is 6.08 Å². The highest BCUT2D eigenvalue weighted by atomic mass is 16.6. The van der Waals surface area contributed by atoms with E-state index in [4.69, 9.17) is 4.74 Å². The van der Waals surface area contributed by atoms with Gasteiger partial charge >= 0.3 is 6.09 Å². The lowest BCUT2D eigenvalue weighted by molar-refractivity contribution is 0.0509. The standard InChI is InChI=1S/C14H25NO3/c1-5-11(10-6-7-10)12(16)8-9-15-13(17)18-14(2,3)4/h5,10-12,16H,1,6-9H2,2-4H3,(H,15,17)/t11-,12-/m0/s1. The molecule has 104 valence electrons. The zero-order valence-electron chi connectivity index (χ0n) is 11.6. The number of alkyl carbamates (subject to hydrolysis) is 1. The Kier molecular flexibility index (Phi) is 5.20. The van der Waals surface area contributed by atoms with E-state index < -0.39 is 17.8 Å². The minimum atomic E-state index is -0.486. The van der Waals surface area contributed by atoms with Crippen molar-refractivity contribution in [2.45, 2.75) is 51.7 Å². The van der Waals surface area contributed by atoms with E-state index in [0.717, 1.165) is 0 Å². The Morgan fingerprint density at radius 1 is 1.56 bits per heavy atom. The molecule has 1 saturated carbocycles. The molecule has 18 heavy (non-hydrogen) atoms. The molecule has 1 amide bonds. The predicted molar refractivity (Wildman–Crippen MR) is 71.3 cm³/mol. The van der Waals surface area contributed by atoms with E-state index in [1.54, 1.807) is 0 Å². The molecule has 2 N–H and O–H groups in total. The van der Waals surface area contributed by atoms with E-state index in [1.165, 1.54) is 12.8 Å². The van der Waals surface area contributed by atoms with Gasteiger partial charge in [-0.3, -0.25) is 0 Å². The van der Waals surface area contributed by atoms with Crippen molar-refractivity contribution in [1.29, 1.82) is 0 Å². The lowest BCUT2D eigenvalue weighted by Gasteiger charge is -2.21. The van der Waals surface area contributed by atoms with Gasteiger partial charge in [0.1, 0.15) is 5.60 Å². The van der Waals surface area contributed by atoms with E-state index in [9.17, 15) is 9.90 Å². The number of ether oxygens (including phenoxy) is 1. The number of rotatable bonds is 6. The summed E-state index contributed by atoms with van der Waals surface area (Å²) in [5.74, 6) is 0.740. The average Bonchev–Trinajstić information content (AvgIpc) is 3.00. The summed E-state index contributed by atoms with van der Waals surface area (Å²) in [6, 6.07) is 0. The van der Waals surface area contributed by atoms with Crippen LogP contribution in [-0.4, -0.2) is 29.4 Å². The molecule has 0 heterocycles. The summed E-state index contributed by atoms with van der Waals surface area (Å²) >= 11 is 0. The summed E-state index contributed by atoms with van der Waals surface area (Å²) in [4.78, 5) is 11.4. The maximum atomic E-state index is 11.4. The van der Waals surface area contributed by atoms with Crippen molar-refractivity contribution in [3.05, 3.63) is 12.7 Å². The monoisotopic (exact) mass is 255 g/mol. The summed E-state index contributed by atoms with van der Waals surface area (Å²) in [5, 5.41) is 12.7. The Hall–Kier alpha value is -1.03. The van der Waals surface area contributed by atoms with Crippen LogP contribution >= 0.6 is 0 Å². The van der Waals surface area contributed by atoms with Crippen molar-refractivity contribution in [1.82, 2.24) is 5.32 Å². The van der Waals surface area contributed by atoms with Crippen molar-refractivity contribution < 1.29 is 14.6 Å². The second kappa shape index (κ2) is 6.23. The van der Waals surface area contributed by atoms with Crippen LogP contribution in [0.5, 0.6) is 0 Å². The van der Waals surface area contributed by atoms with E-state index in [2.05, 4.69) is 11.9 Å². The molecular formula is C14H25NO3. The van der Waals surface area contributed by atoms with Gasteiger partial charge < -0.3 is 15.2 Å². The van der Waals surface area contributed by atoms with Gasteiger partial charge in [-0.2, -0.15) is 0 Å². The van der Waals surface area contributed by atoms with Crippen LogP contribution in [0, 0.1) is 11.8 Å². The Balaban J connectivity index is 2.20. The molecule has 0 aliphatic heterocycles. The molecule has 0 radical (unpaired) electrons. The number of carbonyl (C=O) groups excluding carboxylic acids is 1. The SMILES string of the molecule is C=C[C@@H](C1CC1)[C@@H](O)CCNC(=O)OC(C)(C)C. The smallest absolute Gasteiger partial charge is 0.407 e. The highest BCUT2D eigenvalue weighted by Gasteiger charge is 2.33. The Morgan fingerprint density at radius 3 is 2.61 bits per heavy atom. The number of amides is 1. The highest BCUT2D eigenvalue weighted by Crippen LogP contribution is 2.39. The lowest BCUT2D eigenvalue weighted by Crippen LogP contribution is -2.35. The van der Waals surface area contributed by atoms with Crippen molar-refractivity contribution in [2.24, 2.45) is 11.8 Å². The predicted octanol–water partition coefficient (Wildman–Crippen LogP) is 2.47. The second-order valence-corrected chi connectivity index (χ2v) is 5.94. The molecule has 0 aromatic heterocycles. The number of hydrogen-bond acceptors (Lipinski definition) is 3. The molecule has 0 unspecified atom stereocenters. The first-order valence-electron chi connectivity index (χ1n) is 6.61. The van der Waals surface area contributed by atoms with Gasteiger partial charge in [0.05, 0.1) is 6.10 Å². The third kappa shape index (κ3) is 5.54. The largest absolute Gasteiger partial charge is 0.444 e. The molecule has 0 aromatic carbocycles. The molecule has 2 atom stereocenters. The van der Waals surface area contributed by atoms with Crippen LogP contribution < -0.4 is 5.32 Å². The van der Waals surface area contributed by atoms with Gasteiger partial charge in [0.15, 0.2) is 0 Å². The molecule has 1 aliphatic carbocycles. The fourth-order valence-electron chi connectivity index (χ4n) is 1.97. The van der Waals surface area contributed by atoms with Gasteiger partial charge in [0.2, 0.25) is 0 Å². The molecule has 0 spiro atoms. The van der Waals surface area contributed by atoms with Crippen molar-refractivity contribution in [3.8, 4) is 0 Å². The lowest BCUT2D eigenvalue weighted by atomic mass is 9.95. The highest BCUT2D eigenvalue weighted by molar-refractivity contribution is 5.67. The maximum Gasteiger partial charge on any atom is 0.407 e. The normalized spacial score (nSPS) is 18.9. The number of hydrogen-bond donors (Lipinski definition) is 2. The van der Waals surface area contributed by atoms with Crippen LogP contribution in [0.15, 0.2) is 12.7 Å². The van der Waals surface area contributed by atoms with Crippen LogP contribution in [0.3, 0.4) is 0 Å². The zero-order valence-corrected chi connectivity index (χ0v) is 11.6. The quantitative estimate of drug-likeness (QED) is 0.717. The Bertz CT molecular complexity index is 292. The summed E-state index contributed by atoms with van der Waals surface area (Å²) in [5.41, 5.74) is -0.486. The molecule has 0 bridgehead atoms. The first kappa shape index (κ1) is 15.0. The van der Waals surface area contributed by atoms with E-state index >= 15 is 0 Å². The third-order valence-corrected chi connectivity index (χ3v) is 2.99. The van der Waals surface area contributed by atoms with Gasteiger partial charge in [-0.25, -0.2) is 4.79 Å². The first-order chi connectivity index (χ1) is 8.33. The van der Waals surface area contributed by atoms with Crippen molar-refractivity contribution >= 4 is 6.09 Å². The molecule has 1 fully saturated rings. The van der Waals surface area contributed by atoms with Crippen LogP contribution in [0.1, 0.15) is 40.0 Å². The fraction of sp³-hybridized carbons (Fsp3) is 0.786. The van der Waals surface area contributed by atoms with E-state index in [1.807, 2.05) is 26.8 Å². The minimum absolute atomic E-state index is 0.158. The Morgan fingerprint density at radius 2 is 2.17 bits per heavy atom. The van der Waals surface area contributed by atoms with Gasteiger partial charge in [-0.05, 0) is 46.0 Å². The minimum Gasteiger partial charge on any atom is -0.444 e. The summed E-state index contributed by atoms with van der Waals surface area (Å²) in [7, 11) is 0. The number of nitrogens with one attached hydrogen (secondary N) is 1. The molecule has 4 heteroatoms. The number of carbonyl (C=O) groups is 1. The van der Waals surface area contributed by atoms with Gasteiger partial charge in [0, 0.05) is 12.5 Å². The third-order valence-electron chi connectivity index (χ3n) is 2.99. The van der Waals surface area contributed by atoms with Crippen LogP contribution in [-0.2, 0) is 4.74 Å². The molecule has 1 aliphatic rings. The second-order valence-electron chi connectivity index (χ2n) is 5.94. The van der Waals surface area contributed by atoms with Crippen LogP contribution in [0.25, 0.3) is 0 Å². The number of aliphatic hydroxyl groups is 1. The summed E-state index contributed by atoms with van der Waals surface area (Å²) in [6.45, 7) is 9.65. The molecule has 0 aromatic rings. The average molecular weight is 255 g/mol. The molecule has 4 nitrogen and oxygen atoms in total. The van der Waals surface area contributed by atoms with E-state index in [-0.39, 0.29) is 5.92 Å². The number of aliphatic hydroxyl groups excluding tert-OH is 1. The fourth-order valence-corrected chi connectivity index (χ4v) is 1.97. The summed E-state index contributed by atoms with van der Waals surface area (Å²) < 4.78 is 5.11. The van der Waals surface area contributed by atoms with Gasteiger partial charge in [0.25, 0.3) is 0 Å². The Labute approximate surface area is 109 Å². The van der Waals surface area contributed by atoms with Crippen molar-refractivity contribution in [2.75, 3.05) is 6.54 Å². The molecule has 0 saturated heterocycles. The van der Waals surface area contributed by atoms with Crippen LogP contribution in [0.2, 0.25) is 0 Å². The van der Waals surface area contributed by atoms with Gasteiger partial charge in [-0.15, -0.1) is 6.58 Å². The summed E-state index contributed by atoms with van der Waals surface area (Å²) in [6.07, 6.45) is 3.85. The maximum absolute atomic E-state index is 11.4. The molecular weight excluding hydrogens is 230 g/mol. The zero-order chi connectivity index (χ0) is 13.8. The van der Waals surface area contributed by atoms with E-state index in [0.29, 0.717) is 18.9 Å². The van der Waals surface area contributed by atoms with Crippen molar-refractivity contribution in [3.63, 3.8) is 0 Å². The van der Waals surface area contributed by atoms with Crippen LogP contribution in [0.4, 0.5) is 4.79 Å². The molecule has 1 rings (SSSR count).